The number of pyridine rings is 1. The Morgan fingerprint density at radius 2 is 1.71 bits per heavy atom. The van der Waals surface area contributed by atoms with Crippen molar-refractivity contribution in [3.8, 4) is 0 Å². The third kappa shape index (κ3) is 2.40. The smallest absolute Gasteiger partial charge is 0.275 e. The average Bonchev–Trinajstić information content (AvgIpc) is 2.88. The molecule has 21 heavy (non-hydrogen) atoms. The van der Waals surface area contributed by atoms with E-state index in [4.69, 9.17) is 0 Å². The second-order valence-electron chi connectivity index (χ2n) is 5.24. The number of aromatic nitrogens is 2. The van der Waals surface area contributed by atoms with Gasteiger partial charge < -0.3 is 9.72 Å². The van der Waals surface area contributed by atoms with Crippen LogP contribution in [0.3, 0.4) is 0 Å². The Kier molecular flexibility index (Phi) is 3.22. The molecule has 4 nitrogen and oxygen atoms in total. The van der Waals surface area contributed by atoms with Crippen molar-refractivity contribution in [3.05, 3.63) is 65.1 Å². The fraction of sp³-hybridized carbons (Fsp3) is 0.176. The summed E-state index contributed by atoms with van der Waals surface area (Å²) in [5.41, 5.74) is 5.20. The summed E-state index contributed by atoms with van der Waals surface area (Å²) in [6.07, 6.45) is 1.77. The maximum atomic E-state index is 12.4. The first-order valence-corrected chi connectivity index (χ1v) is 6.88. The number of aryl methyl sites for hydroxylation is 3. The molecule has 0 atom stereocenters. The van der Waals surface area contributed by atoms with Crippen LogP contribution in [0, 0.1) is 20.8 Å². The van der Waals surface area contributed by atoms with Gasteiger partial charge in [-0.25, -0.2) is 4.98 Å². The minimum absolute atomic E-state index is 0.185. The van der Waals surface area contributed by atoms with Crippen LogP contribution in [0.25, 0.3) is 5.65 Å². The maximum absolute atomic E-state index is 12.4. The summed E-state index contributed by atoms with van der Waals surface area (Å²) in [5.74, 6) is -0.185. The van der Waals surface area contributed by atoms with Crippen molar-refractivity contribution in [1.29, 1.82) is 0 Å². The number of hydrogen-bond donors (Lipinski definition) is 1. The van der Waals surface area contributed by atoms with Crippen LogP contribution in [0.1, 0.15) is 27.3 Å². The van der Waals surface area contributed by atoms with Crippen molar-refractivity contribution in [2.45, 2.75) is 20.8 Å². The first-order chi connectivity index (χ1) is 10.1. The number of nitrogens with zero attached hydrogens (tertiary/aromatic N) is 2. The lowest BCUT2D eigenvalue weighted by atomic mass is 10.1. The molecule has 3 aromatic rings. The first-order valence-electron chi connectivity index (χ1n) is 6.88. The number of fused-ring (bicyclic) bond motifs is 1. The Morgan fingerprint density at radius 3 is 2.38 bits per heavy atom. The molecular formula is C17H17N3O. The van der Waals surface area contributed by atoms with Gasteiger partial charge >= 0.3 is 0 Å². The van der Waals surface area contributed by atoms with Gasteiger partial charge in [0.25, 0.3) is 5.91 Å². The molecule has 4 heteroatoms. The number of carbonyl (C=O) groups excluding carboxylic acids is 1. The monoisotopic (exact) mass is 279 g/mol. The SMILES string of the molecule is Cc1cccc(C)c1NC(=O)c1cn2c(C)cccc2n1. The van der Waals surface area contributed by atoms with Crippen molar-refractivity contribution in [2.75, 3.05) is 5.32 Å². The number of nitrogens with one attached hydrogen (secondary N) is 1. The highest BCUT2D eigenvalue weighted by Crippen LogP contribution is 2.20. The van der Waals surface area contributed by atoms with Gasteiger partial charge in [-0.1, -0.05) is 24.3 Å². The molecule has 0 bridgehead atoms. The molecule has 0 unspecified atom stereocenters. The zero-order valence-electron chi connectivity index (χ0n) is 12.3. The van der Waals surface area contributed by atoms with E-state index in [1.165, 1.54) is 0 Å². The van der Waals surface area contributed by atoms with Gasteiger partial charge in [-0.05, 0) is 44.0 Å². The molecule has 1 N–H and O–H groups in total. The molecular weight excluding hydrogens is 262 g/mol. The van der Waals surface area contributed by atoms with Crippen molar-refractivity contribution < 1.29 is 4.79 Å². The summed E-state index contributed by atoms with van der Waals surface area (Å²) < 4.78 is 1.92. The second-order valence-corrected chi connectivity index (χ2v) is 5.24. The number of anilines is 1. The third-order valence-corrected chi connectivity index (χ3v) is 3.65. The quantitative estimate of drug-likeness (QED) is 0.780. The topological polar surface area (TPSA) is 46.4 Å². The summed E-state index contributed by atoms with van der Waals surface area (Å²) in [6, 6.07) is 11.8. The normalized spacial score (nSPS) is 10.8. The number of hydrogen-bond acceptors (Lipinski definition) is 2. The Bertz CT molecular complexity index is 813. The van der Waals surface area contributed by atoms with Crippen molar-refractivity contribution >= 4 is 17.2 Å². The molecule has 0 saturated carbocycles. The van der Waals surface area contributed by atoms with Gasteiger partial charge in [0.15, 0.2) is 0 Å². The second kappa shape index (κ2) is 5.05. The van der Waals surface area contributed by atoms with Crippen LogP contribution in [0.5, 0.6) is 0 Å². The van der Waals surface area contributed by atoms with E-state index < -0.39 is 0 Å². The highest BCUT2D eigenvalue weighted by molar-refractivity contribution is 6.04. The van der Waals surface area contributed by atoms with E-state index in [-0.39, 0.29) is 5.91 Å². The molecule has 1 aromatic carbocycles. The molecule has 0 aliphatic heterocycles. The number of amides is 1. The molecule has 0 aliphatic carbocycles. The number of benzene rings is 1. The van der Waals surface area contributed by atoms with Crippen LogP contribution in [0.15, 0.2) is 42.6 Å². The van der Waals surface area contributed by atoms with Gasteiger partial charge in [-0.3, -0.25) is 4.79 Å². The van der Waals surface area contributed by atoms with Crippen LogP contribution in [-0.2, 0) is 0 Å². The Morgan fingerprint density at radius 1 is 1.05 bits per heavy atom. The highest BCUT2D eigenvalue weighted by atomic mass is 16.1. The van der Waals surface area contributed by atoms with E-state index >= 15 is 0 Å². The lowest BCUT2D eigenvalue weighted by molar-refractivity contribution is 0.102. The minimum Gasteiger partial charge on any atom is -0.320 e. The van der Waals surface area contributed by atoms with Gasteiger partial charge in [0.1, 0.15) is 11.3 Å². The van der Waals surface area contributed by atoms with Crippen LogP contribution >= 0.6 is 0 Å². The van der Waals surface area contributed by atoms with Gasteiger partial charge in [-0.2, -0.15) is 0 Å². The van der Waals surface area contributed by atoms with E-state index in [0.29, 0.717) is 5.69 Å². The van der Waals surface area contributed by atoms with E-state index in [0.717, 1.165) is 28.2 Å². The molecule has 0 spiro atoms. The molecule has 0 aliphatic rings. The van der Waals surface area contributed by atoms with Crippen molar-refractivity contribution in [3.63, 3.8) is 0 Å². The number of rotatable bonds is 2. The predicted molar refractivity (Wildman–Crippen MR) is 83.8 cm³/mol. The number of carbonyl (C=O) groups is 1. The van der Waals surface area contributed by atoms with Gasteiger partial charge in [-0.15, -0.1) is 0 Å². The lowest BCUT2D eigenvalue weighted by Gasteiger charge is -2.10. The molecule has 0 radical (unpaired) electrons. The standard InChI is InChI=1S/C17H17N3O/c1-11-6-4-7-12(2)16(11)19-17(21)14-10-20-13(3)8-5-9-15(20)18-14/h4-10H,1-3H3,(H,19,21). The number of imidazole rings is 1. The summed E-state index contributed by atoms with van der Waals surface area (Å²) >= 11 is 0. The summed E-state index contributed by atoms with van der Waals surface area (Å²) in [5, 5.41) is 2.96. The van der Waals surface area contributed by atoms with Crippen LogP contribution in [0.2, 0.25) is 0 Å². The predicted octanol–water partition coefficient (Wildman–Crippen LogP) is 3.51. The zero-order valence-corrected chi connectivity index (χ0v) is 12.3. The molecule has 0 fully saturated rings. The number of para-hydroxylation sites is 1. The van der Waals surface area contributed by atoms with Crippen molar-refractivity contribution in [1.82, 2.24) is 9.38 Å². The first kappa shape index (κ1) is 13.4. The lowest BCUT2D eigenvalue weighted by Crippen LogP contribution is -2.14. The highest BCUT2D eigenvalue weighted by Gasteiger charge is 2.13. The fourth-order valence-electron chi connectivity index (χ4n) is 2.45. The average molecular weight is 279 g/mol. The summed E-state index contributed by atoms with van der Waals surface area (Å²) in [6.45, 7) is 5.95. The van der Waals surface area contributed by atoms with Crippen molar-refractivity contribution in [2.24, 2.45) is 0 Å². The van der Waals surface area contributed by atoms with Crippen LogP contribution < -0.4 is 5.32 Å². The van der Waals surface area contributed by atoms with E-state index in [1.807, 2.05) is 61.6 Å². The fourth-order valence-corrected chi connectivity index (χ4v) is 2.45. The Labute approximate surface area is 123 Å². The van der Waals surface area contributed by atoms with Gasteiger partial charge in [0.05, 0.1) is 0 Å². The van der Waals surface area contributed by atoms with E-state index in [9.17, 15) is 4.79 Å². The Hall–Kier alpha value is -2.62. The van der Waals surface area contributed by atoms with E-state index in [1.54, 1.807) is 6.20 Å². The summed E-state index contributed by atoms with van der Waals surface area (Å²) in [7, 11) is 0. The summed E-state index contributed by atoms with van der Waals surface area (Å²) in [4.78, 5) is 16.8. The molecule has 0 saturated heterocycles. The molecule has 3 rings (SSSR count). The molecule has 2 heterocycles. The molecule has 2 aromatic heterocycles. The van der Waals surface area contributed by atoms with Gasteiger partial charge in [0.2, 0.25) is 0 Å². The minimum atomic E-state index is -0.185. The van der Waals surface area contributed by atoms with Crippen LogP contribution in [-0.4, -0.2) is 15.3 Å². The molecule has 106 valence electrons. The van der Waals surface area contributed by atoms with E-state index in [2.05, 4.69) is 10.3 Å². The third-order valence-electron chi connectivity index (χ3n) is 3.65. The zero-order chi connectivity index (χ0) is 15.0. The van der Waals surface area contributed by atoms with Gasteiger partial charge in [0, 0.05) is 17.6 Å². The largest absolute Gasteiger partial charge is 0.320 e. The maximum Gasteiger partial charge on any atom is 0.275 e. The Balaban J connectivity index is 1.96. The van der Waals surface area contributed by atoms with Crippen LogP contribution in [0.4, 0.5) is 5.69 Å². The molecule has 1 amide bonds.